The lowest BCUT2D eigenvalue weighted by Crippen LogP contribution is -2.43. The summed E-state index contributed by atoms with van der Waals surface area (Å²) < 4.78 is 11.8. The average Bonchev–Trinajstić information content (AvgIpc) is 2.33. The van der Waals surface area contributed by atoms with Crippen LogP contribution in [-0.2, 0) is 14.0 Å². The van der Waals surface area contributed by atoms with Gasteiger partial charge < -0.3 is 14.3 Å². The Morgan fingerprint density at radius 1 is 1.17 bits per heavy atom. The molecule has 142 valence electrons. The normalized spacial score (nSPS) is 17.1. The molecule has 0 bridgehead atoms. The number of carbonyl (C=O) groups is 1. The molecule has 1 unspecified atom stereocenters. The van der Waals surface area contributed by atoms with Crippen LogP contribution in [0.4, 0.5) is 0 Å². The van der Waals surface area contributed by atoms with Gasteiger partial charge in [0.25, 0.3) is 0 Å². The lowest BCUT2D eigenvalue weighted by Gasteiger charge is -2.39. The third-order valence-corrected chi connectivity index (χ3v) is 9.07. The van der Waals surface area contributed by atoms with Crippen LogP contribution in [0.5, 0.6) is 0 Å². The fourth-order valence-electron chi connectivity index (χ4n) is 2.06. The Labute approximate surface area is 149 Å². The summed E-state index contributed by atoms with van der Waals surface area (Å²) in [6, 6.07) is 0. The van der Waals surface area contributed by atoms with E-state index in [-0.39, 0.29) is 17.1 Å². The van der Waals surface area contributed by atoms with Crippen molar-refractivity contribution in [2.45, 2.75) is 97.2 Å². The van der Waals surface area contributed by atoms with Gasteiger partial charge >= 0.3 is 5.97 Å². The number of ether oxygens (including phenoxy) is 1. The molecule has 24 heavy (non-hydrogen) atoms. The third kappa shape index (κ3) is 7.95. The molecule has 0 rings (SSSR count). The van der Waals surface area contributed by atoms with Gasteiger partial charge in [0.05, 0.1) is 18.1 Å². The molecule has 5 heteroatoms. The second-order valence-corrected chi connectivity index (χ2v) is 13.9. The zero-order valence-electron chi connectivity index (χ0n) is 17.1. The monoisotopic (exact) mass is 358 g/mol. The van der Waals surface area contributed by atoms with Gasteiger partial charge in [-0.25, -0.2) is 0 Å². The van der Waals surface area contributed by atoms with Crippen LogP contribution in [0, 0.1) is 5.92 Å². The van der Waals surface area contributed by atoms with Crippen molar-refractivity contribution in [3.8, 4) is 0 Å². The van der Waals surface area contributed by atoms with Crippen molar-refractivity contribution in [3.05, 3.63) is 12.7 Å². The van der Waals surface area contributed by atoms with Crippen LogP contribution in [0.1, 0.15) is 61.3 Å². The molecule has 1 N–H and O–H groups in total. The highest BCUT2D eigenvalue weighted by Crippen LogP contribution is 2.38. The zero-order valence-corrected chi connectivity index (χ0v) is 18.1. The van der Waals surface area contributed by atoms with Crippen molar-refractivity contribution in [2.75, 3.05) is 0 Å². The molecule has 0 aromatic carbocycles. The lowest BCUT2D eigenvalue weighted by molar-refractivity contribution is -0.164. The minimum Gasteiger partial charge on any atom is -0.460 e. The molecule has 0 spiro atoms. The van der Waals surface area contributed by atoms with Gasteiger partial charge in [0.2, 0.25) is 0 Å². The summed E-state index contributed by atoms with van der Waals surface area (Å²) in [7, 11) is -1.90. The van der Waals surface area contributed by atoms with E-state index in [1.165, 1.54) is 0 Å². The quantitative estimate of drug-likeness (QED) is 0.389. The molecule has 0 aromatic rings. The molecule has 0 saturated carbocycles. The predicted octanol–water partition coefficient (Wildman–Crippen LogP) is 4.68. The highest BCUT2D eigenvalue weighted by atomic mass is 28.4. The van der Waals surface area contributed by atoms with Crippen LogP contribution in [0.2, 0.25) is 18.1 Å². The van der Waals surface area contributed by atoms with Gasteiger partial charge in [-0.05, 0) is 58.7 Å². The third-order valence-electron chi connectivity index (χ3n) is 4.57. The highest BCUT2D eigenvalue weighted by Gasteiger charge is 2.39. The number of esters is 1. The molecular formula is C19H38O4Si. The van der Waals surface area contributed by atoms with Gasteiger partial charge in [0, 0.05) is 0 Å². The number of hydrogen-bond donors (Lipinski definition) is 1. The van der Waals surface area contributed by atoms with E-state index < -0.39 is 25.9 Å². The maximum Gasteiger partial charge on any atom is 0.312 e. The number of hydrogen-bond acceptors (Lipinski definition) is 4. The Balaban J connectivity index is 4.89. The van der Waals surface area contributed by atoms with Crippen molar-refractivity contribution in [2.24, 2.45) is 5.92 Å². The SMILES string of the molecule is C=CC(CC[C@@H](C(=O)OC(C)(C)C)[C@@H](C)O)O[Si](C)(C)C(C)(C)C. The van der Waals surface area contributed by atoms with Crippen molar-refractivity contribution < 1.29 is 19.1 Å². The molecule has 0 heterocycles. The maximum atomic E-state index is 12.3. The van der Waals surface area contributed by atoms with Gasteiger partial charge in [-0.1, -0.05) is 26.8 Å². The number of rotatable bonds is 8. The Morgan fingerprint density at radius 3 is 2.00 bits per heavy atom. The first kappa shape index (κ1) is 23.3. The topological polar surface area (TPSA) is 55.8 Å². The fourth-order valence-corrected chi connectivity index (χ4v) is 3.38. The summed E-state index contributed by atoms with van der Waals surface area (Å²) >= 11 is 0. The van der Waals surface area contributed by atoms with Crippen molar-refractivity contribution in [1.82, 2.24) is 0 Å². The zero-order chi connectivity index (χ0) is 19.3. The van der Waals surface area contributed by atoms with Gasteiger partial charge in [-0.2, -0.15) is 0 Å². The maximum absolute atomic E-state index is 12.3. The van der Waals surface area contributed by atoms with Crippen molar-refractivity contribution in [3.63, 3.8) is 0 Å². The van der Waals surface area contributed by atoms with E-state index in [0.717, 1.165) is 0 Å². The minimum absolute atomic E-state index is 0.114. The minimum atomic E-state index is -1.90. The largest absolute Gasteiger partial charge is 0.460 e. The first-order valence-corrected chi connectivity index (χ1v) is 11.7. The van der Waals surface area contributed by atoms with Crippen LogP contribution in [0.3, 0.4) is 0 Å². The Morgan fingerprint density at radius 2 is 1.67 bits per heavy atom. The Kier molecular flexibility index (Phi) is 8.40. The Bertz CT molecular complexity index is 416. The molecule has 4 nitrogen and oxygen atoms in total. The molecule has 0 amide bonds. The summed E-state index contributed by atoms with van der Waals surface area (Å²) in [5.74, 6) is -0.901. The van der Waals surface area contributed by atoms with E-state index in [9.17, 15) is 9.90 Å². The Hall–Kier alpha value is -0.653. The van der Waals surface area contributed by atoms with E-state index in [4.69, 9.17) is 9.16 Å². The van der Waals surface area contributed by atoms with E-state index in [1.54, 1.807) is 13.0 Å². The van der Waals surface area contributed by atoms with E-state index >= 15 is 0 Å². The van der Waals surface area contributed by atoms with E-state index in [1.807, 2.05) is 20.8 Å². The van der Waals surface area contributed by atoms with Gasteiger partial charge in [0.15, 0.2) is 8.32 Å². The second kappa shape index (κ2) is 8.63. The molecule has 0 saturated heterocycles. The molecule has 0 fully saturated rings. The van der Waals surface area contributed by atoms with Gasteiger partial charge in [-0.3, -0.25) is 4.79 Å². The molecule has 0 aliphatic heterocycles. The first-order chi connectivity index (χ1) is 10.6. The van der Waals surface area contributed by atoms with Gasteiger partial charge in [-0.15, -0.1) is 6.58 Å². The molecular weight excluding hydrogens is 320 g/mol. The molecule has 0 aliphatic rings. The number of carbonyl (C=O) groups excluding carboxylic acids is 1. The lowest BCUT2D eigenvalue weighted by atomic mass is 9.95. The highest BCUT2D eigenvalue weighted by molar-refractivity contribution is 6.74. The summed E-state index contributed by atoms with van der Waals surface area (Å²) in [6.45, 7) is 22.0. The van der Waals surface area contributed by atoms with E-state index in [0.29, 0.717) is 12.8 Å². The summed E-state index contributed by atoms with van der Waals surface area (Å²) in [5.41, 5.74) is -0.556. The van der Waals surface area contributed by atoms with Crippen LogP contribution in [0.15, 0.2) is 12.7 Å². The predicted molar refractivity (Wildman–Crippen MR) is 103 cm³/mol. The molecule has 0 aliphatic carbocycles. The first-order valence-electron chi connectivity index (χ1n) is 8.82. The number of aliphatic hydroxyl groups is 1. The summed E-state index contributed by atoms with van der Waals surface area (Å²) in [5, 5.41) is 10.1. The van der Waals surface area contributed by atoms with Crippen LogP contribution >= 0.6 is 0 Å². The summed E-state index contributed by atoms with van der Waals surface area (Å²) in [4.78, 5) is 12.3. The van der Waals surface area contributed by atoms with Crippen LogP contribution in [0.25, 0.3) is 0 Å². The summed E-state index contributed by atoms with van der Waals surface area (Å²) in [6.07, 6.45) is 2.09. The molecule has 0 aromatic heterocycles. The fraction of sp³-hybridized carbons (Fsp3) is 0.842. The smallest absolute Gasteiger partial charge is 0.312 e. The number of aliphatic hydroxyl groups excluding tert-OH is 1. The average molecular weight is 359 g/mol. The second-order valence-electron chi connectivity index (χ2n) is 9.11. The van der Waals surface area contributed by atoms with E-state index in [2.05, 4.69) is 40.4 Å². The van der Waals surface area contributed by atoms with Crippen molar-refractivity contribution >= 4 is 14.3 Å². The van der Waals surface area contributed by atoms with Crippen molar-refractivity contribution in [1.29, 1.82) is 0 Å². The molecule has 3 atom stereocenters. The standard InChI is InChI=1S/C19H38O4Si/c1-11-15(23-24(9,10)19(6,7)8)12-13-16(14(2)20)17(21)22-18(3,4)5/h11,14-16,20H,1,12-13H2,2-10H3/t14-,15?,16-/m1/s1. The van der Waals surface area contributed by atoms with Gasteiger partial charge in [0.1, 0.15) is 5.60 Å². The molecule has 0 radical (unpaired) electrons. The van der Waals surface area contributed by atoms with Crippen LogP contribution in [-0.4, -0.2) is 37.2 Å². The van der Waals surface area contributed by atoms with Crippen LogP contribution < -0.4 is 0 Å².